The van der Waals surface area contributed by atoms with Crippen LogP contribution in [0.25, 0.3) is 0 Å². The molecular weight excluding hydrogens is 240 g/mol. The molecule has 88 valence electrons. The summed E-state index contributed by atoms with van der Waals surface area (Å²) in [4.78, 5) is 0.468. The zero-order chi connectivity index (χ0) is 11.6. The van der Waals surface area contributed by atoms with Crippen LogP contribution < -0.4 is 0 Å². The average Bonchev–Trinajstić information content (AvgIpc) is 2.70. The molecule has 2 rings (SSSR count). The lowest BCUT2D eigenvalue weighted by Crippen LogP contribution is -2.15. The standard InChI is InChI=1S/C12H16O2S2/c1-10-2-4-12(5-3-10)16(13,14)9-11-6-7-15-8-11/h2-5,11H,6-9H2,1H3. The molecule has 0 saturated carbocycles. The highest BCUT2D eigenvalue weighted by molar-refractivity contribution is 7.99. The van der Waals surface area contributed by atoms with Crippen molar-refractivity contribution in [3.63, 3.8) is 0 Å². The number of aryl methyl sites for hydroxylation is 1. The molecule has 0 aliphatic carbocycles. The zero-order valence-electron chi connectivity index (χ0n) is 9.35. The van der Waals surface area contributed by atoms with Gasteiger partial charge in [0.25, 0.3) is 0 Å². The van der Waals surface area contributed by atoms with Gasteiger partial charge in [-0.15, -0.1) is 0 Å². The highest BCUT2D eigenvalue weighted by atomic mass is 32.2. The van der Waals surface area contributed by atoms with Crippen molar-refractivity contribution in [2.75, 3.05) is 17.3 Å². The first-order chi connectivity index (χ1) is 7.58. The summed E-state index contributed by atoms with van der Waals surface area (Å²) in [5, 5.41) is 0. The molecule has 4 heteroatoms. The van der Waals surface area contributed by atoms with Crippen molar-refractivity contribution in [3.8, 4) is 0 Å². The normalized spacial score (nSPS) is 21.2. The van der Waals surface area contributed by atoms with E-state index in [2.05, 4.69) is 0 Å². The van der Waals surface area contributed by atoms with E-state index in [9.17, 15) is 8.42 Å². The second-order valence-electron chi connectivity index (χ2n) is 4.32. The Bertz CT molecular complexity index is 442. The Kier molecular flexibility index (Phi) is 3.60. The van der Waals surface area contributed by atoms with Gasteiger partial charge in [-0.25, -0.2) is 8.42 Å². The number of thioether (sulfide) groups is 1. The molecule has 1 aromatic rings. The predicted octanol–water partition coefficient (Wildman–Crippen LogP) is 2.52. The summed E-state index contributed by atoms with van der Waals surface area (Å²) >= 11 is 1.86. The van der Waals surface area contributed by atoms with Crippen LogP contribution in [0.15, 0.2) is 29.2 Å². The molecular formula is C12H16O2S2. The van der Waals surface area contributed by atoms with Gasteiger partial charge in [0.1, 0.15) is 0 Å². The third-order valence-corrected chi connectivity index (χ3v) is 5.99. The van der Waals surface area contributed by atoms with E-state index in [4.69, 9.17) is 0 Å². The molecule has 1 fully saturated rings. The molecule has 1 aromatic carbocycles. The van der Waals surface area contributed by atoms with Crippen molar-refractivity contribution in [1.29, 1.82) is 0 Å². The van der Waals surface area contributed by atoms with Crippen LogP contribution in [-0.4, -0.2) is 25.7 Å². The zero-order valence-corrected chi connectivity index (χ0v) is 11.0. The maximum Gasteiger partial charge on any atom is 0.178 e. The predicted molar refractivity (Wildman–Crippen MR) is 68.7 cm³/mol. The summed E-state index contributed by atoms with van der Waals surface area (Å²) in [7, 11) is -3.07. The molecule has 0 N–H and O–H groups in total. The van der Waals surface area contributed by atoms with Crippen molar-refractivity contribution < 1.29 is 8.42 Å². The van der Waals surface area contributed by atoms with E-state index < -0.39 is 9.84 Å². The number of hydrogen-bond acceptors (Lipinski definition) is 3. The van der Waals surface area contributed by atoms with Crippen LogP contribution in [0, 0.1) is 12.8 Å². The summed E-state index contributed by atoms with van der Waals surface area (Å²) in [5.41, 5.74) is 1.09. The van der Waals surface area contributed by atoms with Crippen LogP contribution in [0.5, 0.6) is 0 Å². The van der Waals surface area contributed by atoms with E-state index in [0.717, 1.165) is 23.5 Å². The summed E-state index contributed by atoms with van der Waals surface area (Å²) in [6.07, 6.45) is 1.04. The second kappa shape index (κ2) is 4.80. The van der Waals surface area contributed by atoms with Gasteiger partial charge < -0.3 is 0 Å². The molecule has 1 aliphatic rings. The third kappa shape index (κ3) is 2.80. The fourth-order valence-electron chi connectivity index (χ4n) is 1.87. The van der Waals surface area contributed by atoms with E-state index in [1.165, 1.54) is 0 Å². The maximum atomic E-state index is 12.1. The molecule has 0 aromatic heterocycles. The van der Waals surface area contributed by atoms with Crippen LogP contribution >= 0.6 is 11.8 Å². The van der Waals surface area contributed by atoms with Gasteiger partial charge in [-0.3, -0.25) is 0 Å². The molecule has 2 nitrogen and oxygen atoms in total. The minimum atomic E-state index is -3.07. The molecule has 0 radical (unpaired) electrons. The van der Waals surface area contributed by atoms with Gasteiger partial charge in [0.15, 0.2) is 9.84 Å². The van der Waals surface area contributed by atoms with Gasteiger partial charge in [-0.2, -0.15) is 11.8 Å². The highest BCUT2D eigenvalue weighted by Crippen LogP contribution is 2.26. The number of hydrogen-bond donors (Lipinski definition) is 0. The largest absolute Gasteiger partial charge is 0.224 e. The Labute approximate surface area is 101 Å². The van der Waals surface area contributed by atoms with E-state index in [-0.39, 0.29) is 0 Å². The fourth-order valence-corrected chi connectivity index (χ4v) is 4.95. The molecule has 0 amide bonds. The number of sulfone groups is 1. The molecule has 0 bridgehead atoms. The third-order valence-electron chi connectivity index (χ3n) is 2.86. The van der Waals surface area contributed by atoms with Crippen molar-refractivity contribution in [3.05, 3.63) is 29.8 Å². The quantitative estimate of drug-likeness (QED) is 0.833. The smallest absolute Gasteiger partial charge is 0.178 e. The van der Waals surface area contributed by atoms with E-state index in [1.54, 1.807) is 12.1 Å². The van der Waals surface area contributed by atoms with E-state index >= 15 is 0 Å². The first-order valence-electron chi connectivity index (χ1n) is 5.45. The van der Waals surface area contributed by atoms with Crippen LogP contribution in [-0.2, 0) is 9.84 Å². The first-order valence-corrected chi connectivity index (χ1v) is 8.26. The fraction of sp³-hybridized carbons (Fsp3) is 0.500. The lowest BCUT2D eigenvalue weighted by Gasteiger charge is -2.09. The Balaban J connectivity index is 2.14. The lowest BCUT2D eigenvalue weighted by atomic mass is 10.2. The van der Waals surface area contributed by atoms with Gasteiger partial charge in [0.2, 0.25) is 0 Å². The Morgan fingerprint density at radius 2 is 2.00 bits per heavy atom. The van der Waals surface area contributed by atoms with E-state index in [0.29, 0.717) is 16.6 Å². The lowest BCUT2D eigenvalue weighted by molar-refractivity contribution is 0.574. The topological polar surface area (TPSA) is 34.1 Å². The molecule has 1 atom stereocenters. The summed E-state index contributed by atoms with van der Waals surface area (Å²) in [6, 6.07) is 7.14. The minimum absolute atomic E-state index is 0.309. The first kappa shape index (κ1) is 12.0. The molecule has 1 unspecified atom stereocenters. The van der Waals surface area contributed by atoms with Crippen LogP contribution in [0.4, 0.5) is 0 Å². The molecule has 1 aliphatic heterocycles. The van der Waals surface area contributed by atoms with Crippen molar-refractivity contribution in [2.45, 2.75) is 18.2 Å². The van der Waals surface area contributed by atoms with Gasteiger partial charge in [0.05, 0.1) is 10.6 Å². The van der Waals surface area contributed by atoms with Crippen LogP contribution in [0.3, 0.4) is 0 Å². The number of benzene rings is 1. The monoisotopic (exact) mass is 256 g/mol. The molecule has 1 saturated heterocycles. The summed E-state index contributed by atoms with van der Waals surface area (Å²) in [5.74, 6) is 2.75. The van der Waals surface area contributed by atoms with Crippen molar-refractivity contribution >= 4 is 21.6 Å². The Hall–Kier alpha value is -0.480. The maximum absolute atomic E-state index is 12.1. The van der Waals surface area contributed by atoms with Gasteiger partial charge in [-0.1, -0.05) is 17.7 Å². The Morgan fingerprint density at radius 3 is 2.56 bits per heavy atom. The van der Waals surface area contributed by atoms with Crippen LogP contribution in [0.1, 0.15) is 12.0 Å². The second-order valence-corrected chi connectivity index (χ2v) is 7.51. The highest BCUT2D eigenvalue weighted by Gasteiger charge is 2.24. The van der Waals surface area contributed by atoms with Crippen LogP contribution in [0.2, 0.25) is 0 Å². The summed E-state index contributed by atoms with van der Waals surface area (Å²) in [6.45, 7) is 1.96. The molecule has 0 spiro atoms. The molecule has 16 heavy (non-hydrogen) atoms. The van der Waals surface area contributed by atoms with Gasteiger partial charge in [0, 0.05) is 0 Å². The number of rotatable bonds is 3. The minimum Gasteiger partial charge on any atom is -0.224 e. The van der Waals surface area contributed by atoms with Crippen molar-refractivity contribution in [1.82, 2.24) is 0 Å². The Morgan fingerprint density at radius 1 is 1.31 bits per heavy atom. The van der Waals surface area contributed by atoms with Gasteiger partial charge >= 0.3 is 0 Å². The average molecular weight is 256 g/mol. The van der Waals surface area contributed by atoms with E-state index in [1.807, 2.05) is 30.8 Å². The van der Waals surface area contributed by atoms with Gasteiger partial charge in [-0.05, 0) is 42.9 Å². The summed E-state index contributed by atoms with van der Waals surface area (Å²) < 4.78 is 24.2. The van der Waals surface area contributed by atoms with Crippen molar-refractivity contribution in [2.24, 2.45) is 5.92 Å². The SMILES string of the molecule is Cc1ccc(S(=O)(=O)CC2CCSC2)cc1. The molecule has 1 heterocycles.